The number of rotatable bonds is 7. The molecule has 0 radical (unpaired) electrons. The molecular weight excluding hydrogens is 455 g/mol. The Morgan fingerprint density at radius 2 is 1.88 bits per heavy atom. The van der Waals surface area contributed by atoms with Gasteiger partial charge in [0.1, 0.15) is 17.4 Å². The van der Waals surface area contributed by atoms with Crippen LogP contribution in [-0.2, 0) is 0 Å². The molecule has 0 saturated carbocycles. The lowest BCUT2D eigenvalue weighted by molar-refractivity contribution is -0.274. The maximum atomic E-state index is 12.8. The van der Waals surface area contributed by atoms with Crippen molar-refractivity contribution >= 4 is 5.91 Å². The van der Waals surface area contributed by atoms with E-state index < -0.39 is 48.2 Å². The Labute approximate surface area is 182 Å². The highest BCUT2D eigenvalue weighted by molar-refractivity contribution is 5.94. The summed E-state index contributed by atoms with van der Waals surface area (Å²) >= 11 is 0. The third kappa shape index (κ3) is 6.10. The van der Waals surface area contributed by atoms with Crippen LogP contribution in [0, 0.1) is 0 Å². The second kappa shape index (κ2) is 9.73. The van der Waals surface area contributed by atoms with Crippen LogP contribution < -0.4 is 15.6 Å². The van der Waals surface area contributed by atoms with Crippen LogP contribution in [0.15, 0.2) is 59.7 Å². The Morgan fingerprint density at radius 3 is 2.45 bits per heavy atom. The van der Waals surface area contributed by atoms with E-state index in [1.807, 2.05) is 5.32 Å². The molecule has 2 heterocycles. The molecule has 1 aromatic carbocycles. The van der Waals surface area contributed by atoms with E-state index in [0.717, 1.165) is 22.9 Å². The molecule has 13 heteroatoms. The second-order valence-corrected chi connectivity index (χ2v) is 6.56. The first-order chi connectivity index (χ1) is 15.5. The molecule has 33 heavy (non-hydrogen) atoms. The molecule has 0 unspecified atom stereocenters. The number of carbonyl (C=O) groups excluding carboxylic acids is 1. The van der Waals surface area contributed by atoms with E-state index in [2.05, 4.69) is 14.8 Å². The van der Waals surface area contributed by atoms with Gasteiger partial charge < -0.3 is 15.2 Å². The topological polar surface area (TPSA) is 106 Å². The molecule has 3 rings (SSSR count). The molecule has 2 N–H and O–H groups in total. The van der Waals surface area contributed by atoms with Gasteiger partial charge in [-0.05, 0) is 42.5 Å². The quantitative estimate of drug-likeness (QED) is 0.515. The number of carbonyl (C=O) groups is 1. The van der Waals surface area contributed by atoms with Crippen LogP contribution in [0.1, 0.15) is 10.4 Å². The smallest absolute Gasteiger partial charge is 0.406 e. The van der Waals surface area contributed by atoms with Gasteiger partial charge in [-0.15, -0.1) is 13.2 Å². The molecule has 0 fully saturated rings. The highest BCUT2D eigenvalue weighted by Crippen LogP contribution is 2.26. The maximum absolute atomic E-state index is 12.8. The number of nitrogens with one attached hydrogen (secondary N) is 1. The number of nitrogens with zero attached hydrogens (tertiary/aromatic N) is 3. The van der Waals surface area contributed by atoms with E-state index in [-0.39, 0.29) is 16.9 Å². The monoisotopic (exact) mass is 470 g/mol. The SMILES string of the molecule is O=C(NC[C@H](O)C(F)F)c1cc(-c2ccc(OC(F)(F)F)cc2)nn(-c2cccnc2)c1=O. The van der Waals surface area contributed by atoms with Crippen molar-refractivity contribution in [3.63, 3.8) is 0 Å². The Bertz CT molecular complexity index is 1170. The summed E-state index contributed by atoms with van der Waals surface area (Å²) in [7, 11) is 0. The molecule has 0 aliphatic heterocycles. The summed E-state index contributed by atoms with van der Waals surface area (Å²) in [6.07, 6.45) is -7.43. The molecule has 1 atom stereocenters. The minimum Gasteiger partial charge on any atom is -0.406 e. The van der Waals surface area contributed by atoms with Crippen molar-refractivity contribution in [2.24, 2.45) is 0 Å². The van der Waals surface area contributed by atoms with Gasteiger partial charge in [-0.1, -0.05) is 0 Å². The number of aliphatic hydroxyl groups is 1. The van der Waals surface area contributed by atoms with Gasteiger partial charge in [0.25, 0.3) is 17.9 Å². The van der Waals surface area contributed by atoms with Gasteiger partial charge in [-0.3, -0.25) is 14.6 Å². The summed E-state index contributed by atoms with van der Waals surface area (Å²) in [5, 5.41) is 15.4. The number of hydrogen-bond donors (Lipinski definition) is 2. The van der Waals surface area contributed by atoms with Crippen LogP contribution in [0.5, 0.6) is 5.75 Å². The molecule has 174 valence electrons. The van der Waals surface area contributed by atoms with Crippen LogP contribution in [0.3, 0.4) is 0 Å². The third-order valence-corrected chi connectivity index (χ3v) is 4.19. The lowest BCUT2D eigenvalue weighted by Gasteiger charge is -2.13. The molecule has 1 amide bonds. The van der Waals surface area contributed by atoms with E-state index in [0.29, 0.717) is 0 Å². The maximum Gasteiger partial charge on any atom is 0.573 e. The standard InChI is InChI=1S/C20H15F5N4O4/c21-17(22)16(30)10-27-18(31)14-8-15(11-3-5-13(6-4-11)33-20(23,24)25)28-29(19(14)32)12-2-1-7-26-9-12/h1-9,16-17,30H,10H2,(H,27,31)/t16-/m0/s1. The molecule has 0 aliphatic rings. The predicted octanol–water partition coefficient (Wildman–Crippen LogP) is 2.55. The fourth-order valence-corrected chi connectivity index (χ4v) is 2.66. The van der Waals surface area contributed by atoms with Crippen molar-refractivity contribution in [2.45, 2.75) is 18.9 Å². The molecule has 0 aliphatic carbocycles. The van der Waals surface area contributed by atoms with Gasteiger partial charge in [-0.2, -0.15) is 9.78 Å². The van der Waals surface area contributed by atoms with Crippen LogP contribution in [-0.4, -0.2) is 51.2 Å². The first-order valence-electron chi connectivity index (χ1n) is 9.20. The van der Waals surface area contributed by atoms with E-state index in [4.69, 9.17) is 0 Å². The molecule has 0 bridgehead atoms. The fraction of sp³-hybridized carbons (Fsp3) is 0.200. The van der Waals surface area contributed by atoms with Crippen LogP contribution in [0.4, 0.5) is 22.0 Å². The van der Waals surface area contributed by atoms with Crippen molar-refractivity contribution in [2.75, 3.05) is 6.54 Å². The minimum atomic E-state index is -4.89. The van der Waals surface area contributed by atoms with Gasteiger partial charge in [-0.25, -0.2) is 8.78 Å². The zero-order valence-electron chi connectivity index (χ0n) is 16.5. The molecule has 8 nitrogen and oxygen atoms in total. The summed E-state index contributed by atoms with van der Waals surface area (Å²) in [5.74, 6) is -1.55. The van der Waals surface area contributed by atoms with Gasteiger partial charge in [0.15, 0.2) is 0 Å². The van der Waals surface area contributed by atoms with E-state index >= 15 is 0 Å². The van der Waals surface area contributed by atoms with Crippen molar-refractivity contribution in [3.8, 4) is 22.7 Å². The Hall–Kier alpha value is -3.87. The Morgan fingerprint density at radius 1 is 1.18 bits per heavy atom. The number of pyridine rings is 1. The highest BCUT2D eigenvalue weighted by Gasteiger charge is 2.31. The van der Waals surface area contributed by atoms with E-state index in [1.165, 1.54) is 36.7 Å². The number of aromatic nitrogens is 3. The van der Waals surface area contributed by atoms with Crippen molar-refractivity contribution in [1.29, 1.82) is 0 Å². The predicted molar refractivity (Wildman–Crippen MR) is 104 cm³/mol. The van der Waals surface area contributed by atoms with Crippen molar-refractivity contribution in [3.05, 3.63) is 70.8 Å². The highest BCUT2D eigenvalue weighted by atomic mass is 19.4. The summed E-state index contributed by atoms with van der Waals surface area (Å²) < 4.78 is 66.8. The number of hydrogen-bond acceptors (Lipinski definition) is 6. The minimum absolute atomic E-state index is 0.0107. The summed E-state index contributed by atoms with van der Waals surface area (Å²) in [6, 6.07) is 8.50. The molecule has 0 saturated heterocycles. The summed E-state index contributed by atoms with van der Waals surface area (Å²) in [6.45, 7) is -0.816. The molecule has 0 spiro atoms. The number of alkyl halides is 5. The van der Waals surface area contributed by atoms with E-state index in [1.54, 1.807) is 0 Å². The van der Waals surface area contributed by atoms with E-state index in [9.17, 15) is 36.6 Å². The normalized spacial score (nSPS) is 12.5. The first kappa shape index (κ1) is 23.8. The second-order valence-electron chi connectivity index (χ2n) is 6.56. The number of amides is 1. The lowest BCUT2D eigenvalue weighted by Crippen LogP contribution is -2.39. The number of aliphatic hydroxyl groups excluding tert-OH is 1. The number of halogens is 5. The van der Waals surface area contributed by atoms with Gasteiger partial charge in [0.2, 0.25) is 0 Å². The zero-order chi connectivity index (χ0) is 24.2. The van der Waals surface area contributed by atoms with Gasteiger partial charge >= 0.3 is 6.36 Å². The van der Waals surface area contributed by atoms with Crippen LogP contribution >= 0.6 is 0 Å². The largest absolute Gasteiger partial charge is 0.573 e. The van der Waals surface area contributed by atoms with Crippen molar-refractivity contribution in [1.82, 2.24) is 20.1 Å². The zero-order valence-corrected chi connectivity index (χ0v) is 16.5. The fourth-order valence-electron chi connectivity index (χ4n) is 2.66. The average Bonchev–Trinajstić information content (AvgIpc) is 2.77. The third-order valence-electron chi connectivity index (χ3n) is 4.19. The number of ether oxygens (including phenoxy) is 1. The number of benzene rings is 1. The summed E-state index contributed by atoms with van der Waals surface area (Å²) in [4.78, 5) is 29.2. The first-order valence-corrected chi connectivity index (χ1v) is 9.20. The van der Waals surface area contributed by atoms with Crippen LogP contribution in [0.2, 0.25) is 0 Å². The van der Waals surface area contributed by atoms with Crippen molar-refractivity contribution < 1.29 is 36.6 Å². The van der Waals surface area contributed by atoms with Crippen LogP contribution in [0.25, 0.3) is 16.9 Å². The average molecular weight is 470 g/mol. The Kier molecular flexibility index (Phi) is 7.01. The Balaban J connectivity index is 2.03. The van der Waals surface area contributed by atoms with Gasteiger partial charge in [0.05, 0.1) is 17.6 Å². The molecule has 3 aromatic rings. The van der Waals surface area contributed by atoms with Gasteiger partial charge in [0, 0.05) is 18.3 Å². The molecular formula is C20H15F5N4O4. The summed E-state index contributed by atoms with van der Waals surface area (Å²) in [5.41, 5.74) is -1.00. The lowest BCUT2D eigenvalue weighted by atomic mass is 10.1. The molecule has 2 aromatic heterocycles.